The molecule has 1 unspecified atom stereocenters. The van der Waals surface area contributed by atoms with E-state index in [0.29, 0.717) is 6.66 Å². The maximum Gasteiger partial charge on any atom is 0.527 e. The topological polar surface area (TPSA) is 55.8 Å². The molecule has 1 rings (SSSR count). The van der Waals surface area contributed by atoms with Crippen molar-refractivity contribution in [2.24, 2.45) is 0 Å². The molecule has 0 spiro atoms. The van der Waals surface area contributed by atoms with Crippen LogP contribution < -0.4 is 0 Å². The third-order valence-corrected chi connectivity index (χ3v) is 2.97. The van der Waals surface area contributed by atoms with Crippen LogP contribution in [0.15, 0.2) is 30.3 Å². The Kier molecular flexibility index (Phi) is 5.52. The van der Waals surface area contributed by atoms with Crippen molar-refractivity contribution in [1.29, 1.82) is 0 Å². The molecule has 0 bridgehead atoms. The van der Waals surface area contributed by atoms with Crippen LogP contribution in [-0.2, 0) is 13.8 Å². The number of benzene rings is 1. The van der Waals surface area contributed by atoms with Gasteiger partial charge in [0.25, 0.3) is 0 Å². The highest BCUT2D eigenvalue weighted by atomic mass is 31.2. The van der Waals surface area contributed by atoms with Gasteiger partial charge in [-0.2, -0.15) is 17.6 Å². The zero-order valence-corrected chi connectivity index (χ0v) is 12.1. The van der Waals surface area contributed by atoms with Crippen LogP contribution in [-0.4, -0.2) is 30.0 Å². The molecule has 0 aliphatic carbocycles. The van der Waals surface area contributed by atoms with Crippen molar-refractivity contribution in [3.8, 4) is 0 Å². The number of hydrogen-bond donors (Lipinski definition) is 1. The molecule has 12 heteroatoms. The SMILES string of the molecule is CP(=O)(O)O[C@H](c1ccccc1)C(F)(F)C(F)(F)OC(F)(F)F. The minimum absolute atomic E-state index is 0.418. The average Bonchev–Trinajstić information content (AvgIpc) is 2.32. The maximum absolute atomic E-state index is 13.9. The lowest BCUT2D eigenvalue weighted by atomic mass is 10.0. The van der Waals surface area contributed by atoms with Crippen molar-refractivity contribution in [3.05, 3.63) is 35.9 Å². The van der Waals surface area contributed by atoms with Crippen molar-refractivity contribution < 1.29 is 49.5 Å². The Morgan fingerprint density at radius 3 is 1.91 bits per heavy atom. The molecule has 0 saturated carbocycles. The molecule has 0 aromatic heterocycles. The van der Waals surface area contributed by atoms with Gasteiger partial charge in [0.15, 0.2) is 6.10 Å². The van der Waals surface area contributed by atoms with Gasteiger partial charge in [0.05, 0.1) is 0 Å². The molecule has 2 atom stereocenters. The van der Waals surface area contributed by atoms with Gasteiger partial charge in [-0.1, -0.05) is 30.3 Å². The molecule has 1 N–H and O–H groups in total. The summed E-state index contributed by atoms with van der Waals surface area (Å²) in [5.74, 6) is -5.60. The van der Waals surface area contributed by atoms with E-state index in [2.05, 4.69) is 9.26 Å². The van der Waals surface area contributed by atoms with Gasteiger partial charge < -0.3 is 4.89 Å². The predicted octanol–water partition coefficient (Wildman–Crippen LogP) is 4.32. The largest absolute Gasteiger partial charge is 0.527 e. The van der Waals surface area contributed by atoms with Gasteiger partial charge in [-0.15, -0.1) is 13.2 Å². The Morgan fingerprint density at radius 2 is 1.52 bits per heavy atom. The molecule has 132 valence electrons. The van der Waals surface area contributed by atoms with E-state index < -0.39 is 37.7 Å². The molecule has 0 heterocycles. The minimum atomic E-state index is -6.07. The van der Waals surface area contributed by atoms with Gasteiger partial charge in [0, 0.05) is 6.66 Å². The zero-order chi connectivity index (χ0) is 18.1. The van der Waals surface area contributed by atoms with Crippen LogP contribution in [0.25, 0.3) is 0 Å². The zero-order valence-electron chi connectivity index (χ0n) is 11.2. The molecule has 1 aromatic rings. The fourth-order valence-electron chi connectivity index (χ4n) is 1.53. The van der Waals surface area contributed by atoms with E-state index in [4.69, 9.17) is 4.89 Å². The predicted molar refractivity (Wildman–Crippen MR) is 63.1 cm³/mol. The lowest BCUT2D eigenvalue weighted by Crippen LogP contribution is -2.50. The van der Waals surface area contributed by atoms with E-state index in [1.54, 1.807) is 0 Å². The average molecular weight is 370 g/mol. The number of rotatable bonds is 6. The second kappa shape index (κ2) is 6.39. The van der Waals surface area contributed by atoms with Crippen LogP contribution in [0.1, 0.15) is 11.7 Å². The van der Waals surface area contributed by atoms with Crippen LogP contribution in [0.3, 0.4) is 0 Å². The molecule has 1 aromatic carbocycles. The first-order valence-electron chi connectivity index (χ1n) is 5.72. The van der Waals surface area contributed by atoms with Crippen molar-refractivity contribution in [3.63, 3.8) is 0 Å². The van der Waals surface area contributed by atoms with E-state index in [1.165, 1.54) is 6.07 Å². The van der Waals surface area contributed by atoms with Crippen LogP contribution in [0.2, 0.25) is 0 Å². The summed E-state index contributed by atoms with van der Waals surface area (Å²) in [5, 5.41) is 0. The first kappa shape index (κ1) is 19.9. The summed E-state index contributed by atoms with van der Waals surface area (Å²) < 4.78 is 107. The Morgan fingerprint density at radius 1 is 1.04 bits per heavy atom. The fraction of sp³-hybridized carbons (Fsp3) is 0.455. The number of alkyl halides is 7. The minimum Gasteiger partial charge on any atom is -0.324 e. The molecular formula is C11H10F7O4P. The quantitative estimate of drug-likeness (QED) is 0.599. The van der Waals surface area contributed by atoms with Crippen molar-refractivity contribution in [2.75, 3.05) is 6.66 Å². The summed E-state index contributed by atoms with van der Waals surface area (Å²) in [4.78, 5) is 9.00. The van der Waals surface area contributed by atoms with Crippen LogP contribution in [0.4, 0.5) is 30.7 Å². The Bertz CT molecular complexity index is 569. The molecule has 0 fully saturated rings. The van der Waals surface area contributed by atoms with Gasteiger partial charge in [-0.05, 0) is 5.56 Å². The van der Waals surface area contributed by atoms with E-state index in [0.717, 1.165) is 24.3 Å². The number of ether oxygens (including phenoxy) is 1. The van der Waals surface area contributed by atoms with Crippen LogP contribution >= 0.6 is 7.60 Å². The highest BCUT2D eigenvalue weighted by Gasteiger charge is 2.68. The highest BCUT2D eigenvalue weighted by molar-refractivity contribution is 7.51. The molecular weight excluding hydrogens is 360 g/mol. The lowest BCUT2D eigenvalue weighted by molar-refractivity contribution is -0.473. The standard InChI is InChI=1S/C11H10F7O4P/c1-23(19,20)21-8(7-5-3-2-4-6-7)9(12,13)10(14,15)22-11(16,17)18/h2-6,8H,1H3,(H,19,20)/t8-/m1/s1. The van der Waals surface area contributed by atoms with Gasteiger partial charge in [-0.3, -0.25) is 9.09 Å². The maximum atomic E-state index is 13.9. The van der Waals surface area contributed by atoms with Gasteiger partial charge in [0.2, 0.25) is 0 Å². The summed E-state index contributed by atoms with van der Waals surface area (Å²) in [5.41, 5.74) is -0.737. The van der Waals surface area contributed by atoms with E-state index in [9.17, 15) is 35.3 Å². The molecule has 0 aliphatic heterocycles. The summed E-state index contributed by atoms with van der Waals surface area (Å²) in [6.45, 7) is 0.418. The molecule has 0 aliphatic rings. The molecule has 0 saturated heterocycles. The fourth-order valence-corrected chi connectivity index (χ4v) is 2.17. The van der Waals surface area contributed by atoms with Crippen molar-refractivity contribution >= 4 is 7.60 Å². The Labute approximate surface area is 125 Å². The Balaban J connectivity index is 3.31. The second-order valence-corrected chi connectivity index (χ2v) is 6.20. The van der Waals surface area contributed by atoms with Gasteiger partial charge in [0.1, 0.15) is 0 Å². The number of hydrogen-bond acceptors (Lipinski definition) is 3. The highest BCUT2D eigenvalue weighted by Crippen LogP contribution is 2.54. The first-order chi connectivity index (χ1) is 10.2. The molecule has 23 heavy (non-hydrogen) atoms. The normalized spacial score (nSPS) is 17.6. The number of halogens is 7. The smallest absolute Gasteiger partial charge is 0.324 e. The summed E-state index contributed by atoms with van der Waals surface area (Å²) in [7, 11) is -4.75. The summed E-state index contributed by atoms with van der Waals surface area (Å²) in [6, 6.07) is 5.13. The van der Waals surface area contributed by atoms with Crippen molar-refractivity contribution in [1.82, 2.24) is 0 Å². The molecule has 4 nitrogen and oxygen atoms in total. The van der Waals surface area contributed by atoms with E-state index in [1.807, 2.05) is 0 Å². The third kappa shape index (κ3) is 5.45. The lowest BCUT2D eigenvalue weighted by Gasteiger charge is -2.33. The van der Waals surface area contributed by atoms with Gasteiger partial charge in [-0.25, -0.2) is 4.74 Å². The van der Waals surface area contributed by atoms with Crippen molar-refractivity contribution in [2.45, 2.75) is 24.5 Å². The summed E-state index contributed by atoms with van der Waals surface area (Å²) >= 11 is 0. The first-order valence-corrected chi connectivity index (χ1v) is 7.74. The monoisotopic (exact) mass is 370 g/mol. The Hall–Kier alpha value is -1.16. The second-order valence-electron chi connectivity index (χ2n) is 4.39. The van der Waals surface area contributed by atoms with E-state index in [-0.39, 0.29) is 0 Å². The van der Waals surface area contributed by atoms with Crippen LogP contribution in [0.5, 0.6) is 0 Å². The van der Waals surface area contributed by atoms with Gasteiger partial charge >= 0.3 is 26.0 Å². The molecule has 0 radical (unpaired) electrons. The van der Waals surface area contributed by atoms with E-state index >= 15 is 0 Å². The van der Waals surface area contributed by atoms with Crippen LogP contribution in [0, 0.1) is 0 Å². The molecule has 0 amide bonds. The summed E-state index contributed by atoms with van der Waals surface area (Å²) in [6.07, 6.45) is -15.3. The third-order valence-electron chi connectivity index (χ3n) is 2.36.